The molecule has 0 saturated carbocycles. The lowest BCUT2D eigenvalue weighted by atomic mass is 10.2. The van der Waals surface area contributed by atoms with Crippen LogP contribution in [-0.2, 0) is 4.79 Å². The Bertz CT molecular complexity index is 165. The molecule has 0 aromatic carbocycles. The average Bonchev–Trinajstić information content (AvgIpc) is 2.00. The Labute approximate surface area is 67.3 Å². The number of amides is 1. The number of hydrogen-bond acceptors (Lipinski definition) is 2. The van der Waals surface area contributed by atoms with Gasteiger partial charge in [0.25, 0.3) is 5.91 Å². The van der Waals surface area contributed by atoms with Crippen LogP contribution in [0.3, 0.4) is 0 Å². The van der Waals surface area contributed by atoms with Crippen molar-refractivity contribution in [3.05, 3.63) is 12.2 Å². The largest absolute Gasteiger partial charge is 0.285 e. The van der Waals surface area contributed by atoms with Crippen molar-refractivity contribution in [1.82, 2.24) is 5.06 Å². The highest BCUT2D eigenvalue weighted by Crippen LogP contribution is 2.03. The molecule has 0 spiro atoms. The van der Waals surface area contributed by atoms with E-state index >= 15 is 0 Å². The van der Waals surface area contributed by atoms with Crippen molar-refractivity contribution in [2.75, 3.05) is 0 Å². The lowest BCUT2D eigenvalue weighted by molar-refractivity contribution is -0.169. The van der Waals surface area contributed by atoms with Crippen molar-refractivity contribution in [3.8, 4) is 0 Å². The van der Waals surface area contributed by atoms with E-state index in [0.717, 1.165) is 11.5 Å². The van der Waals surface area contributed by atoms with Gasteiger partial charge >= 0.3 is 0 Å². The van der Waals surface area contributed by atoms with Gasteiger partial charge in [-0.1, -0.05) is 13.5 Å². The molecule has 0 radical (unpaired) electrons. The first-order chi connectivity index (χ1) is 5.00. The molecule has 1 N–H and O–H groups in total. The van der Waals surface area contributed by atoms with Crippen LogP contribution < -0.4 is 0 Å². The zero-order valence-corrected chi connectivity index (χ0v) is 7.29. The van der Waals surface area contributed by atoms with E-state index in [0.29, 0.717) is 5.57 Å². The van der Waals surface area contributed by atoms with Gasteiger partial charge < -0.3 is 0 Å². The molecule has 0 rings (SSSR count). The molecule has 11 heavy (non-hydrogen) atoms. The highest BCUT2D eigenvalue weighted by atomic mass is 16.5. The molecule has 3 nitrogen and oxygen atoms in total. The van der Waals surface area contributed by atoms with Crippen LogP contribution >= 0.6 is 0 Å². The fraction of sp³-hybridized carbons (Fsp3) is 0.625. The van der Waals surface area contributed by atoms with Gasteiger partial charge in [0.05, 0.1) is 6.04 Å². The number of carbonyl (C=O) groups excluding carboxylic acids is 1. The van der Waals surface area contributed by atoms with Gasteiger partial charge in [0.2, 0.25) is 0 Å². The topological polar surface area (TPSA) is 40.5 Å². The summed E-state index contributed by atoms with van der Waals surface area (Å²) in [5, 5.41) is 9.90. The minimum Gasteiger partial charge on any atom is -0.285 e. The summed E-state index contributed by atoms with van der Waals surface area (Å²) in [5.41, 5.74) is 0.354. The van der Waals surface area contributed by atoms with Gasteiger partial charge in [-0.3, -0.25) is 10.0 Å². The fourth-order valence-electron chi connectivity index (χ4n) is 0.569. The number of rotatable bonds is 3. The molecular weight excluding hydrogens is 142 g/mol. The minimum atomic E-state index is -0.403. The summed E-state index contributed by atoms with van der Waals surface area (Å²) in [6.07, 6.45) is 0.732. The first-order valence-corrected chi connectivity index (χ1v) is 3.68. The zero-order chi connectivity index (χ0) is 9.02. The molecule has 64 valence electrons. The molecule has 0 aliphatic carbocycles. The van der Waals surface area contributed by atoms with Gasteiger partial charge in [-0.2, -0.15) is 0 Å². The maximum Gasteiger partial charge on any atom is 0.272 e. The summed E-state index contributed by atoms with van der Waals surface area (Å²) >= 11 is 0. The van der Waals surface area contributed by atoms with Crippen molar-refractivity contribution in [2.24, 2.45) is 0 Å². The van der Waals surface area contributed by atoms with Crippen LogP contribution in [0.15, 0.2) is 12.2 Å². The second kappa shape index (κ2) is 4.13. The fourth-order valence-corrected chi connectivity index (χ4v) is 0.569. The lowest BCUT2D eigenvalue weighted by Crippen LogP contribution is -2.35. The molecule has 0 bridgehead atoms. The Balaban J connectivity index is 4.13. The summed E-state index contributed by atoms with van der Waals surface area (Å²) in [4.78, 5) is 11.0. The number of nitrogens with zero attached hydrogens (tertiary/aromatic N) is 1. The predicted octanol–water partition coefficient (Wildman–Crippen LogP) is 1.58. The minimum absolute atomic E-state index is 0.140. The Kier molecular flexibility index (Phi) is 3.82. The maximum atomic E-state index is 11.0. The summed E-state index contributed by atoms with van der Waals surface area (Å²) in [7, 11) is 0. The quantitative estimate of drug-likeness (QED) is 0.384. The number of carbonyl (C=O) groups is 1. The zero-order valence-electron chi connectivity index (χ0n) is 7.29. The van der Waals surface area contributed by atoms with E-state index in [2.05, 4.69) is 6.58 Å². The van der Waals surface area contributed by atoms with Gasteiger partial charge in [-0.05, 0) is 20.3 Å². The van der Waals surface area contributed by atoms with Crippen molar-refractivity contribution in [2.45, 2.75) is 33.2 Å². The molecule has 1 atom stereocenters. The lowest BCUT2D eigenvalue weighted by Gasteiger charge is -2.20. The standard InChI is InChI=1S/C8H15NO2/c1-5-7(4)9(11)8(10)6(2)3/h7,11H,2,5H2,1,3-4H3. The Morgan fingerprint density at radius 3 is 2.45 bits per heavy atom. The van der Waals surface area contributed by atoms with Crippen molar-refractivity contribution < 1.29 is 10.0 Å². The van der Waals surface area contributed by atoms with E-state index in [9.17, 15) is 10.0 Å². The van der Waals surface area contributed by atoms with Crippen LogP contribution in [0.5, 0.6) is 0 Å². The van der Waals surface area contributed by atoms with Gasteiger partial charge in [0.1, 0.15) is 0 Å². The molecule has 0 aromatic rings. The van der Waals surface area contributed by atoms with Crippen LogP contribution in [0, 0.1) is 0 Å². The highest BCUT2D eigenvalue weighted by Gasteiger charge is 2.16. The van der Waals surface area contributed by atoms with E-state index in [1.165, 1.54) is 0 Å². The second-order valence-corrected chi connectivity index (χ2v) is 2.69. The Morgan fingerprint density at radius 2 is 2.18 bits per heavy atom. The van der Waals surface area contributed by atoms with E-state index in [4.69, 9.17) is 0 Å². The first-order valence-electron chi connectivity index (χ1n) is 3.68. The smallest absolute Gasteiger partial charge is 0.272 e. The van der Waals surface area contributed by atoms with Crippen LogP contribution in [-0.4, -0.2) is 22.2 Å². The third-order valence-electron chi connectivity index (χ3n) is 1.58. The van der Waals surface area contributed by atoms with Gasteiger partial charge in [0.15, 0.2) is 0 Å². The monoisotopic (exact) mass is 157 g/mol. The highest BCUT2D eigenvalue weighted by molar-refractivity contribution is 5.91. The van der Waals surface area contributed by atoms with Crippen molar-refractivity contribution in [1.29, 1.82) is 0 Å². The van der Waals surface area contributed by atoms with Crippen LogP contribution in [0.4, 0.5) is 0 Å². The van der Waals surface area contributed by atoms with Gasteiger partial charge in [-0.25, -0.2) is 5.06 Å². The van der Waals surface area contributed by atoms with E-state index in [1.54, 1.807) is 13.8 Å². The summed E-state index contributed by atoms with van der Waals surface area (Å²) in [6, 6.07) is -0.140. The summed E-state index contributed by atoms with van der Waals surface area (Å²) in [5.74, 6) is -0.403. The Hall–Kier alpha value is -0.830. The van der Waals surface area contributed by atoms with Gasteiger partial charge in [0, 0.05) is 5.57 Å². The van der Waals surface area contributed by atoms with E-state index in [-0.39, 0.29) is 6.04 Å². The molecule has 0 aliphatic rings. The third-order valence-corrected chi connectivity index (χ3v) is 1.58. The second-order valence-electron chi connectivity index (χ2n) is 2.69. The molecule has 1 amide bonds. The molecule has 0 fully saturated rings. The maximum absolute atomic E-state index is 11.0. The third kappa shape index (κ3) is 2.72. The molecular formula is C8H15NO2. The van der Waals surface area contributed by atoms with Crippen LogP contribution in [0.25, 0.3) is 0 Å². The predicted molar refractivity (Wildman–Crippen MR) is 43.2 cm³/mol. The molecule has 0 heterocycles. The molecule has 0 saturated heterocycles. The van der Waals surface area contributed by atoms with Crippen molar-refractivity contribution >= 4 is 5.91 Å². The SMILES string of the molecule is C=C(C)C(=O)N(O)C(C)CC. The van der Waals surface area contributed by atoms with E-state index < -0.39 is 5.91 Å². The van der Waals surface area contributed by atoms with Crippen LogP contribution in [0.1, 0.15) is 27.2 Å². The Morgan fingerprint density at radius 1 is 1.73 bits per heavy atom. The van der Waals surface area contributed by atoms with Gasteiger partial charge in [-0.15, -0.1) is 0 Å². The summed E-state index contributed by atoms with van der Waals surface area (Å²) < 4.78 is 0. The molecule has 0 aromatic heterocycles. The first kappa shape index (κ1) is 10.2. The summed E-state index contributed by atoms with van der Waals surface area (Å²) in [6.45, 7) is 8.70. The average molecular weight is 157 g/mol. The molecule has 0 aliphatic heterocycles. The van der Waals surface area contributed by atoms with Crippen molar-refractivity contribution in [3.63, 3.8) is 0 Å². The molecule has 1 unspecified atom stereocenters. The van der Waals surface area contributed by atoms with E-state index in [1.807, 2.05) is 6.92 Å². The van der Waals surface area contributed by atoms with Crippen LogP contribution in [0.2, 0.25) is 0 Å². The number of hydroxylamine groups is 2. The molecule has 3 heteroatoms. The normalized spacial score (nSPS) is 12.4. The number of hydrogen-bond donors (Lipinski definition) is 1.